The number of amides is 1. The maximum absolute atomic E-state index is 13.2. The number of rotatable bonds is 9. The highest BCUT2D eigenvalue weighted by Crippen LogP contribution is 2.28. The van der Waals surface area contributed by atoms with E-state index < -0.39 is 5.83 Å². The normalized spacial score (nSPS) is 16.1. The van der Waals surface area contributed by atoms with Gasteiger partial charge in [0.1, 0.15) is 5.83 Å². The number of carbonyl (C=O) groups excluding carboxylic acids is 1. The van der Waals surface area contributed by atoms with Gasteiger partial charge in [-0.25, -0.2) is 14.0 Å². The number of halogens is 2. The van der Waals surface area contributed by atoms with E-state index in [1.165, 1.54) is 12.2 Å². The fourth-order valence-corrected chi connectivity index (χ4v) is 2.24. The Morgan fingerprint density at radius 2 is 2.20 bits per heavy atom. The van der Waals surface area contributed by atoms with E-state index >= 15 is 0 Å². The van der Waals surface area contributed by atoms with Gasteiger partial charge in [0.25, 0.3) is 0 Å². The molecule has 30 heavy (non-hydrogen) atoms. The van der Waals surface area contributed by atoms with Crippen molar-refractivity contribution in [3.63, 3.8) is 0 Å². The third kappa shape index (κ3) is 7.40. The van der Waals surface area contributed by atoms with Crippen LogP contribution in [0.2, 0.25) is 0 Å². The molecule has 1 aliphatic carbocycles. The first kappa shape index (κ1) is 23.2. The van der Waals surface area contributed by atoms with E-state index in [0.717, 1.165) is 17.8 Å². The number of hydrogen-bond acceptors (Lipinski definition) is 8. The predicted octanol–water partition coefficient (Wildman–Crippen LogP) is 1.71. The number of amidine groups is 1. The van der Waals surface area contributed by atoms with Crippen LogP contribution in [0.1, 0.15) is 25.5 Å². The maximum Gasteiger partial charge on any atom is 0.229 e. The van der Waals surface area contributed by atoms with Crippen LogP contribution < -0.4 is 21.8 Å². The molecule has 0 aromatic carbocycles. The molecule has 1 amide bonds. The van der Waals surface area contributed by atoms with Crippen molar-refractivity contribution in [2.45, 2.75) is 19.8 Å². The SMILES string of the molecule is C\C=C(/C=C\C(F)=C\Br)N=C(NO)c1nonc1NCCN=C(N)NC(=O)C1CC1. The molecule has 0 atom stereocenters. The van der Waals surface area contributed by atoms with Gasteiger partial charge in [-0.3, -0.25) is 25.8 Å². The third-order valence-electron chi connectivity index (χ3n) is 3.76. The predicted molar refractivity (Wildman–Crippen MR) is 113 cm³/mol. The van der Waals surface area contributed by atoms with Crippen LogP contribution in [0.4, 0.5) is 10.2 Å². The summed E-state index contributed by atoms with van der Waals surface area (Å²) in [6.45, 7) is 2.22. The first-order valence-corrected chi connectivity index (χ1v) is 9.86. The molecule has 0 spiro atoms. The van der Waals surface area contributed by atoms with Gasteiger partial charge in [-0.2, -0.15) is 0 Å². The number of nitrogens with zero attached hydrogens (tertiary/aromatic N) is 4. The Kier molecular flexibility index (Phi) is 9.15. The lowest BCUT2D eigenvalue weighted by molar-refractivity contribution is -0.120. The molecular weight excluding hydrogens is 463 g/mol. The highest BCUT2D eigenvalue weighted by Gasteiger charge is 2.29. The molecule has 6 N–H and O–H groups in total. The number of nitrogens with two attached hydrogens (primary N) is 1. The summed E-state index contributed by atoms with van der Waals surface area (Å²) in [5.74, 6) is -0.436. The van der Waals surface area contributed by atoms with E-state index in [1.807, 2.05) is 5.48 Å². The van der Waals surface area contributed by atoms with Crippen LogP contribution >= 0.6 is 15.9 Å². The summed E-state index contributed by atoms with van der Waals surface area (Å²) in [6, 6.07) is 0. The van der Waals surface area contributed by atoms with Crippen molar-refractivity contribution in [1.29, 1.82) is 0 Å². The molecule has 162 valence electrons. The minimum atomic E-state index is -0.512. The standard InChI is InChI=1S/C17H22BrFN8O3/c1-2-12(6-5-11(19)9-18)23-15(25-29)13-14(27-30-26-13)21-7-8-22-17(20)24-16(28)10-3-4-10/h2,5-6,9-10,29H,3-4,7-8H2,1H3,(H,21,27)(H,23,25)(H3,20,22,24,28)/b6-5-,11-9-,12-2+. The van der Waals surface area contributed by atoms with Crippen LogP contribution in [0.15, 0.2) is 49.4 Å². The number of aromatic nitrogens is 2. The van der Waals surface area contributed by atoms with E-state index in [9.17, 15) is 14.4 Å². The Labute approximate surface area is 180 Å². The third-order valence-corrected chi connectivity index (χ3v) is 4.20. The van der Waals surface area contributed by atoms with Gasteiger partial charge in [0.05, 0.1) is 12.2 Å². The zero-order valence-electron chi connectivity index (χ0n) is 16.1. The summed E-state index contributed by atoms with van der Waals surface area (Å²) in [5.41, 5.74) is 8.02. The largest absolute Gasteiger partial charge is 0.370 e. The van der Waals surface area contributed by atoms with Crippen molar-refractivity contribution >= 4 is 39.5 Å². The molecule has 1 aliphatic rings. The Balaban J connectivity index is 1.98. The fraction of sp³-hybridized carbons (Fsp3) is 0.353. The summed E-state index contributed by atoms with van der Waals surface area (Å²) < 4.78 is 17.9. The fourth-order valence-electron chi connectivity index (χ4n) is 2.08. The highest BCUT2D eigenvalue weighted by molar-refractivity contribution is 9.11. The van der Waals surface area contributed by atoms with Gasteiger partial charge in [-0.15, -0.1) is 0 Å². The zero-order chi connectivity index (χ0) is 21.9. The molecule has 1 fully saturated rings. The quantitative estimate of drug-likeness (QED) is 0.116. The number of hydroxylamine groups is 1. The number of allylic oxidation sites excluding steroid dienone is 4. The molecule has 0 unspecified atom stereocenters. The molecule has 2 rings (SSSR count). The second-order valence-corrected chi connectivity index (χ2v) is 6.49. The molecule has 0 radical (unpaired) electrons. The van der Waals surface area contributed by atoms with Crippen LogP contribution in [0, 0.1) is 5.92 Å². The van der Waals surface area contributed by atoms with Gasteiger partial charge in [0.2, 0.25) is 11.7 Å². The van der Waals surface area contributed by atoms with Gasteiger partial charge < -0.3 is 11.1 Å². The molecule has 1 aromatic rings. The van der Waals surface area contributed by atoms with Crippen molar-refractivity contribution in [2.24, 2.45) is 21.6 Å². The average Bonchev–Trinajstić information content (AvgIpc) is 3.50. The van der Waals surface area contributed by atoms with Gasteiger partial charge in [-0.05, 0) is 42.2 Å². The van der Waals surface area contributed by atoms with E-state index in [2.05, 4.69) is 46.9 Å². The molecule has 0 bridgehead atoms. The zero-order valence-corrected chi connectivity index (χ0v) is 17.7. The molecule has 1 heterocycles. The summed E-state index contributed by atoms with van der Waals surface area (Å²) in [6.07, 6.45) is 5.94. The lowest BCUT2D eigenvalue weighted by Gasteiger charge is -2.06. The smallest absolute Gasteiger partial charge is 0.229 e. The summed E-state index contributed by atoms with van der Waals surface area (Å²) in [4.78, 5) is 20.9. The van der Waals surface area contributed by atoms with E-state index in [1.54, 1.807) is 13.0 Å². The van der Waals surface area contributed by atoms with Crippen molar-refractivity contribution in [2.75, 3.05) is 18.4 Å². The van der Waals surface area contributed by atoms with Gasteiger partial charge in [-0.1, -0.05) is 22.0 Å². The topological polar surface area (TPSA) is 163 Å². The molecule has 0 saturated heterocycles. The number of aliphatic imine (C=N–C) groups is 2. The second kappa shape index (κ2) is 11.8. The maximum atomic E-state index is 13.2. The van der Waals surface area contributed by atoms with Crippen LogP contribution in [0.3, 0.4) is 0 Å². The van der Waals surface area contributed by atoms with E-state index in [4.69, 9.17) is 10.4 Å². The Hall–Kier alpha value is -3.06. The number of nitrogens with one attached hydrogen (secondary N) is 3. The van der Waals surface area contributed by atoms with Crippen LogP contribution in [0.5, 0.6) is 0 Å². The number of anilines is 1. The minimum absolute atomic E-state index is 0.0354. The molecule has 0 aliphatic heterocycles. The van der Waals surface area contributed by atoms with Gasteiger partial charge in [0.15, 0.2) is 17.5 Å². The van der Waals surface area contributed by atoms with Crippen LogP contribution in [-0.2, 0) is 4.79 Å². The summed E-state index contributed by atoms with van der Waals surface area (Å²) in [7, 11) is 0. The average molecular weight is 485 g/mol. The summed E-state index contributed by atoms with van der Waals surface area (Å²) in [5, 5.41) is 22.3. The monoisotopic (exact) mass is 484 g/mol. The Bertz CT molecular complexity index is 889. The lowest BCUT2D eigenvalue weighted by Crippen LogP contribution is -2.38. The molecular formula is C17H22BrFN8O3. The van der Waals surface area contributed by atoms with E-state index in [0.29, 0.717) is 5.70 Å². The van der Waals surface area contributed by atoms with Gasteiger partial charge in [0, 0.05) is 17.4 Å². The van der Waals surface area contributed by atoms with Crippen molar-refractivity contribution in [1.82, 2.24) is 21.1 Å². The number of guanidine groups is 1. The van der Waals surface area contributed by atoms with Crippen molar-refractivity contribution < 1.29 is 19.0 Å². The molecule has 13 heteroatoms. The molecule has 1 aromatic heterocycles. The minimum Gasteiger partial charge on any atom is -0.370 e. The number of hydrogen-bond donors (Lipinski definition) is 5. The van der Waals surface area contributed by atoms with Crippen molar-refractivity contribution in [3.8, 4) is 0 Å². The molecule has 11 nitrogen and oxygen atoms in total. The first-order valence-electron chi connectivity index (χ1n) is 8.95. The van der Waals surface area contributed by atoms with E-state index in [-0.39, 0.29) is 48.2 Å². The lowest BCUT2D eigenvalue weighted by atomic mass is 10.3. The number of carbonyl (C=O) groups is 1. The highest BCUT2D eigenvalue weighted by atomic mass is 79.9. The van der Waals surface area contributed by atoms with Gasteiger partial charge >= 0.3 is 0 Å². The van der Waals surface area contributed by atoms with Crippen LogP contribution in [-0.4, -0.2) is 46.3 Å². The Morgan fingerprint density at radius 3 is 2.83 bits per heavy atom. The second-order valence-electron chi connectivity index (χ2n) is 6.03. The van der Waals surface area contributed by atoms with Crippen molar-refractivity contribution in [3.05, 3.63) is 40.4 Å². The Morgan fingerprint density at radius 1 is 1.43 bits per heavy atom. The summed E-state index contributed by atoms with van der Waals surface area (Å²) >= 11 is 2.88. The molecule has 1 saturated carbocycles. The first-order chi connectivity index (χ1) is 14.5. The van der Waals surface area contributed by atoms with Crippen LogP contribution in [0.25, 0.3) is 0 Å².